The molecule has 0 N–H and O–H groups in total. The van der Waals surface area contributed by atoms with Gasteiger partial charge in [0, 0.05) is 37.6 Å². The zero-order valence-electron chi connectivity index (χ0n) is 13.6. The van der Waals surface area contributed by atoms with Crippen molar-refractivity contribution in [2.45, 2.75) is 33.4 Å². The molecule has 6 nitrogen and oxygen atoms in total. The van der Waals surface area contributed by atoms with Crippen LogP contribution in [0.15, 0.2) is 12.3 Å². The molecular weight excluding hydrogens is 266 g/mol. The van der Waals surface area contributed by atoms with Crippen LogP contribution in [0.4, 0.5) is 0 Å². The number of hydrogen-bond donors (Lipinski definition) is 0. The lowest BCUT2D eigenvalue weighted by Gasteiger charge is -2.25. The molecule has 2 aromatic rings. The van der Waals surface area contributed by atoms with Crippen molar-refractivity contribution < 1.29 is 4.79 Å². The van der Waals surface area contributed by atoms with Gasteiger partial charge in [-0.1, -0.05) is 0 Å². The van der Waals surface area contributed by atoms with E-state index < -0.39 is 0 Å². The number of rotatable bonds is 4. The number of fused-ring (bicyclic) bond motifs is 1. The van der Waals surface area contributed by atoms with Crippen molar-refractivity contribution in [1.29, 1.82) is 0 Å². The Hall–Kier alpha value is -1.95. The summed E-state index contributed by atoms with van der Waals surface area (Å²) in [5.74, 6) is 0.0919. The quantitative estimate of drug-likeness (QED) is 0.850. The average molecular weight is 289 g/mol. The van der Waals surface area contributed by atoms with Crippen molar-refractivity contribution in [3.8, 4) is 0 Å². The van der Waals surface area contributed by atoms with Gasteiger partial charge in [0.15, 0.2) is 5.65 Å². The SMILES string of the molecule is Cc1cc(C)n2ncc(CN(C)[C@@H](C)C(=O)N(C)C)c2n1. The van der Waals surface area contributed by atoms with E-state index in [1.165, 1.54) is 0 Å². The van der Waals surface area contributed by atoms with Crippen LogP contribution in [0.1, 0.15) is 23.9 Å². The summed E-state index contributed by atoms with van der Waals surface area (Å²) in [4.78, 5) is 20.2. The van der Waals surface area contributed by atoms with Gasteiger partial charge in [-0.15, -0.1) is 0 Å². The predicted molar refractivity (Wildman–Crippen MR) is 82.1 cm³/mol. The number of carbonyl (C=O) groups excluding carboxylic acids is 1. The topological polar surface area (TPSA) is 53.7 Å². The Morgan fingerprint density at radius 2 is 2.00 bits per heavy atom. The average Bonchev–Trinajstić information content (AvgIpc) is 2.80. The third-order valence-corrected chi connectivity index (χ3v) is 3.73. The van der Waals surface area contributed by atoms with Crippen LogP contribution in [-0.2, 0) is 11.3 Å². The Morgan fingerprint density at radius 1 is 1.33 bits per heavy atom. The molecule has 0 unspecified atom stereocenters. The highest BCUT2D eigenvalue weighted by molar-refractivity contribution is 5.80. The number of aryl methyl sites for hydroxylation is 2. The summed E-state index contributed by atoms with van der Waals surface area (Å²) < 4.78 is 1.84. The lowest BCUT2D eigenvalue weighted by molar-refractivity contribution is -0.133. The second kappa shape index (κ2) is 5.81. The fraction of sp³-hybridized carbons (Fsp3) is 0.533. The minimum absolute atomic E-state index is 0.0919. The number of likely N-dealkylation sites (N-methyl/N-ethyl adjacent to an activating group) is 2. The molecule has 0 spiro atoms. The number of aromatic nitrogens is 3. The van der Waals surface area contributed by atoms with Gasteiger partial charge in [0.05, 0.1) is 12.2 Å². The number of nitrogens with zero attached hydrogens (tertiary/aromatic N) is 5. The lowest BCUT2D eigenvalue weighted by Crippen LogP contribution is -2.42. The molecule has 0 fully saturated rings. The van der Waals surface area contributed by atoms with Crippen molar-refractivity contribution in [2.24, 2.45) is 0 Å². The first kappa shape index (κ1) is 15.4. The molecule has 0 aromatic carbocycles. The maximum Gasteiger partial charge on any atom is 0.239 e. The van der Waals surface area contributed by atoms with Crippen LogP contribution in [0.25, 0.3) is 5.65 Å². The highest BCUT2D eigenvalue weighted by Crippen LogP contribution is 2.15. The number of carbonyl (C=O) groups is 1. The molecule has 0 aliphatic carbocycles. The van der Waals surface area contributed by atoms with Crippen LogP contribution in [-0.4, -0.2) is 57.5 Å². The molecule has 1 amide bonds. The van der Waals surface area contributed by atoms with E-state index >= 15 is 0 Å². The fourth-order valence-corrected chi connectivity index (χ4v) is 2.40. The van der Waals surface area contributed by atoms with Gasteiger partial charge in [-0.2, -0.15) is 5.10 Å². The molecule has 2 aromatic heterocycles. The van der Waals surface area contributed by atoms with Gasteiger partial charge in [0.1, 0.15) is 0 Å². The number of amides is 1. The van der Waals surface area contributed by atoms with Crippen LogP contribution >= 0.6 is 0 Å². The molecule has 6 heteroatoms. The highest BCUT2D eigenvalue weighted by atomic mass is 16.2. The molecule has 0 aliphatic rings. The Bertz CT molecular complexity index is 661. The Labute approximate surface area is 125 Å². The standard InChI is InChI=1S/C15H23N5O/c1-10-7-11(2)20-14(17-10)13(8-16-20)9-19(6)12(3)15(21)18(4)5/h7-8,12H,9H2,1-6H3/t12-/m0/s1. The first-order valence-corrected chi connectivity index (χ1v) is 7.03. The molecule has 0 radical (unpaired) electrons. The molecular formula is C15H23N5O. The normalized spacial score (nSPS) is 12.9. The highest BCUT2D eigenvalue weighted by Gasteiger charge is 2.21. The first-order valence-electron chi connectivity index (χ1n) is 7.03. The van der Waals surface area contributed by atoms with Crippen molar-refractivity contribution >= 4 is 11.6 Å². The molecule has 114 valence electrons. The summed E-state index contributed by atoms with van der Waals surface area (Å²) in [5.41, 5.74) is 3.93. The van der Waals surface area contributed by atoms with E-state index in [4.69, 9.17) is 0 Å². The maximum absolute atomic E-state index is 12.0. The Morgan fingerprint density at radius 3 is 2.62 bits per heavy atom. The fourth-order valence-electron chi connectivity index (χ4n) is 2.40. The number of hydrogen-bond acceptors (Lipinski definition) is 4. The minimum Gasteiger partial charge on any atom is -0.347 e. The summed E-state index contributed by atoms with van der Waals surface area (Å²) in [7, 11) is 5.49. The van der Waals surface area contributed by atoms with Gasteiger partial charge in [0.2, 0.25) is 5.91 Å². The van der Waals surface area contributed by atoms with Gasteiger partial charge in [-0.25, -0.2) is 9.50 Å². The molecule has 1 atom stereocenters. The van der Waals surface area contributed by atoms with Gasteiger partial charge < -0.3 is 4.90 Å². The second-order valence-corrected chi connectivity index (χ2v) is 5.77. The Kier molecular flexibility index (Phi) is 4.27. The molecule has 2 heterocycles. The van der Waals surface area contributed by atoms with Crippen LogP contribution in [0.2, 0.25) is 0 Å². The van der Waals surface area contributed by atoms with Crippen LogP contribution in [0.3, 0.4) is 0 Å². The van der Waals surface area contributed by atoms with Gasteiger partial charge >= 0.3 is 0 Å². The zero-order valence-corrected chi connectivity index (χ0v) is 13.6. The molecule has 0 saturated carbocycles. The molecule has 0 bridgehead atoms. The van der Waals surface area contributed by atoms with E-state index in [1.807, 2.05) is 49.5 Å². The summed E-state index contributed by atoms with van der Waals surface area (Å²) in [6.07, 6.45) is 1.83. The summed E-state index contributed by atoms with van der Waals surface area (Å²) in [6, 6.07) is 1.83. The van der Waals surface area contributed by atoms with E-state index in [0.717, 1.165) is 22.6 Å². The second-order valence-electron chi connectivity index (χ2n) is 5.77. The van der Waals surface area contributed by atoms with Gasteiger partial charge in [0.25, 0.3) is 0 Å². The predicted octanol–water partition coefficient (Wildman–Crippen LogP) is 1.25. The van der Waals surface area contributed by atoms with Crippen molar-refractivity contribution in [2.75, 3.05) is 21.1 Å². The third-order valence-electron chi connectivity index (χ3n) is 3.73. The lowest BCUT2D eigenvalue weighted by atomic mass is 10.2. The largest absolute Gasteiger partial charge is 0.347 e. The zero-order chi connectivity index (χ0) is 15.7. The molecule has 0 saturated heterocycles. The van der Waals surface area contributed by atoms with Crippen LogP contribution < -0.4 is 0 Å². The van der Waals surface area contributed by atoms with E-state index in [9.17, 15) is 4.79 Å². The molecule has 0 aliphatic heterocycles. The van der Waals surface area contributed by atoms with E-state index in [-0.39, 0.29) is 11.9 Å². The van der Waals surface area contributed by atoms with E-state index in [0.29, 0.717) is 6.54 Å². The monoisotopic (exact) mass is 289 g/mol. The summed E-state index contributed by atoms with van der Waals surface area (Å²) in [5, 5.41) is 4.38. The van der Waals surface area contributed by atoms with Crippen LogP contribution in [0, 0.1) is 13.8 Å². The minimum atomic E-state index is -0.180. The van der Waals surface area contributed by atoms with E-state index in [1.54, 1.807) is 19.0 Å². The third kappa shape index (κ3) is 3.05. The van der Waals surface area contributed by atoms with Crippen molar-refractivity contribution in [3.05, 3.63) is 29.2 Å². The first-order chi connectivity index (χ1) is 9.81. The molecule has 21 heavy (non-hydrogen) atoms. The summed E-state index contributed by atoms with van der Waals surface area (Å²) >= 11 is 0. The van der Waals surface area contributed by atoms with Gasteiger partial charge in [-0.3, -0.25) is 9.69 Å². The van der Waals surface area contributed by atoms with E-state index in [2.05, 4.69) is 10.1 Å². The maximum atomic E-state index is 12.0. The van der Waals surface area contributed by atoms with Crippen LogP contribution in [0.5, 0.6) is 0 Å². The Balaban J connectivity index is 2.26. The van der Waals surface area contributed by atoms with Crippen molar-refractivity contribution in [3.63, 3.8) is 0 Å². The summed E-state index contributed by atoms with van der Waals surface area (Å²) in [6.45, 7) is 6.55. The smallest absolute Gasteiger partial charge is 0.239 e. The van der Waals surface area contributed by atoms with Gasteiger partial charge in [-0.05, 0) is 33.9 Å². The van der Waals surface area contributed by atoms with Crippen molar-refractivity contribution in [1.82, 2.24) is 24.4 Å². The molecule has 2 rings (SSSR count).